The zero-order chi connectivity index (χ0) is 15.5. The molecular formula is C17H17BrCl2N2O. The minimum Gasteiger partial charge on any atom is -0.382 e. The smallest absolute Gasteiger partial charge is 0.0756 e. The first-order valence-electron chi connectivity index (χ1n) is 7.04. The van der Waals surface area contributed by atoms with Crippen molar-refractivity contribution in [3.05, 3.63) is 63.1 Å². The summed E-state index contributed by atoms with van der Waals surface area (Å²) in [6, 6.07) is 14.1. The molecule has 122 valence electrons. The summed E-state index contributed by atoms with van der Waals surface area (Å²) in [4.78, 5) is 4.81. The van der Waals surface area contributed by atoms with Gasteiger partial charge in [0.1, 0.15) is 0 Å². The van der Waals surface area contributed by atoms with Crippen LogP contribution in [0.4, 0.5) is 5.69 Å². The number of nitrogens with one attached hydrogen (secondary N) is 1. The van der Waals surface area contributed by atoms with E-state index in [1.807, 2.05) is 30.3 Å². The number of rotatable bonds is 3. The summed E-state index contributed by atoms with van der Waals surface area (Å²) in [5.41, 5.74) is 3.94. The summed E-state index contributed by atoms with van der Waals surface area (Å²) < 4.78 is 6.29. The highest BCUT2D eigenvalue weighted by molar-refractivity contribution is 9.10. The predicted octanol–water partition coefficient (Wildman–Crippen LogP) is 4.80. The number of benzene rings is 2. The maximum Gasteiger partial charge on any atom is 0.0756 e. The van der Waals surface area contributed by atoms with Crippen LogP contribution in [0.5, 0.6) is 0 Å². The van der Waals surface area contributed by atoms with Crippen LogP contribution < -0.4 is 5.32 Å². The van der Waals surface area contributed by atoms with Gasteiger partial charge in [0.15, 0.2) is 0 Å². The second-order valence-electron chi connectivity index (χ2n) is 5.16. The maximum atomic E-state index is 6.38. The van der Waals surface area contributed by atoms with E-state index in [1.54, 1.807) is 7.11 Å². The number of hydrogen-bond donors (Lipinski definition) is 1. The van der Waals surface area contributed by atoms with Gasteiger partial charge in [0.05, 0.1) is 24.9 Å². The zero-order valence-electron chi connectivity index (χ0n) is 12.6. The molecule has 0 aliphatic carbocycles. The number of benzodiazepines with no additional fused rings is 1. The molecule has 1 aliphatic rings. The molecule has 1 heterocycles. The number of hydrogen-bond acceptors (Lipinski definition) is 3. The van der Waals surface area contributed by atoms with E-state index in [0.717, 1.165) is 27.0 Å². The minimum absolute atomic E-state index is 0. The normalized spacial score (nSPS) is 16.5. The van der Waals surface area contributed by atoms with Crippen LogP contribution in [0.1, 0.15) is 11.1 Å². The number of ether oxygens (including phenoxy) is 1. The van der Waals surface area contributed by atoms with Crippen molar-refractivity contribution in [3.63, 3.8) is 0 Å². The molecular weight excluding hydrogens is 399 g/mol. The third kappa shape index (κ3) is 4.07. The first-order valence-corrected chi connectivity index (χ1v) is 8.21. The van der Waals surface area contributed by atoms with Crippen LogP contribution in [-0.4, -0.2) is 32.0 Å². The standard InChI is InChI=1S/C17H16BrClN2O.ClH/c1-22-10-12-9-20-17(13-4-2-3-5-15(13)19)14-8-11(18)6-7-16(14)21-12;/h2-8,12,21H,9-10H2,1H3;1H. The largest absolute Gasteiger partial charge is 0.382 e. The van der Waals surface area contributed by atoms with Crippen LogP contribution in [0.15, 0.2) is 51.9 Å². The Balaban J connectivity index is 0.00000192. The second-order valence-corrected chi connectivity index (χ2v) is 6.48. The van der Waals surface area contributed by atoms with Gasteiger partial charge >= 0.3 is 0 Å². The Labute approximate surface area is 155 Å². The van der Waals surface area contributed by atoms with E-state index in [0.29, 0.717) is 18.2 Å². The average molecular weight is 416 g/mol. The molecule has 0 spiro atoms. The minimum atomic E-state index is 0. The van der Waals surface area contributed by atoms with Gasteiger partial charge in [-0.2, -0.15) is 0 Å². The van der Waals surface area contributed by atoms with Crippen LogP contribution in [0.2, 0.25) is 5.02 Å². The number of aliphatic imine (C=N–C) groups is 1. The molecule has 1 N–H and O–H groups in total. The second kappa shape index (κ2) is 8.15. The highest BCUT2D eigenvalue weighted by Crippen LogP contribution is 2.29. The first kappa shape index (κ1) is 18.3. The number of methoxy groups -OCH3 is 1. The summed E-state index contributed by atoms with van der Waals surface area (Å²) in [6.07, 6.45) is 0. The number of halogens is 3. The molecule has 0 saturated heterocycles. The maximum absolute atomic E-state index is 6.38. The van der Waals surface area contributed by atoms with Crippen molar-refractivity contribution in [1.29, 1.82) is 0 Å². The lowest BCUT2D eigenvalue weighted by Crippen LogP contribution is -2.27. The number of nitrogens with zero attached hydrogens (tertiary/aromatic N) is 1. The van der Waals surface area contributed by atoms with Gasteiger partial charge in [-0.15, -0.1) is 12.4 Å². The molecule has 0 amide bonds. The average Bonchev–Trinajstić information content (AvgIpc) is 2.68. The molecule has 0 saturated carbocycles. The predicted molar refractivity (Wildman–Crippen MR) is 103 cm³/mol. The SMILES string of the molecule is COCC1CN=C(c2ccccc2Cl)c2cc(Br)ccc2N1.Cl. The Bertz CT molecular complexity index is 721. The zero-order valence-corrected chi connectivity index (χ0v) is 15.7. The van der Waals surface area contributed by atoms with E-state index in [2.05, 4.69) is 33.4 Å². The van der Waals surface area contributed by atoms with Gasteiger partial charge in [0.25, 0.3) is 0 Å². The van der Waals surface area contributed by atoms with E-state index in [-0.39, 0.29) is 18.4 Å². The van der Waals surface area contributed by atoms with Crippen LogP contribution in [0, 0.1) is 0 Å². The highest BCUT2D eigenvalue weighted by Gasteiger charge is 2.21. The lowest BCUT2D eigenvalue weighted by Gasteiger charge is -2.16. The molecule has 3 rings (SSSR count). The van der Waals surface area contributed by atoms with E-state index >= 15 is 0 Å². The third-order valence-electron chi connectivity index (χ3n) is 3.56. The van der Waals surface area contributed by atoms with Gasteiger partial charge in [-0.25, -0.2) is 0 Å². The van der Waals surface area contributed by atoms with Crippen LogP contribution >= 0.6 is 39.9 Å². The highest BCUT2D eigenvalue weighted by atomic mass is 79.9. The molecule has 2 aromatic carbocycles. The molecule has 0 radical (unpaired) electrons. The quantitative estimate of drug-likeness (QED) is 0.780. The van der Waals surface area contributed by atoms with E-state index < -0.39 is 0 Å². The summed E-state index contributed by atoms with van der Waals surface area (Å²) in [6.45, 7) is 1.25. The Hall–Kier alpha value is -1.07. The van der Waals surface area contributed by atoms with Crippen molar-refractivity contribution >= 4 is 51.3 Å². The number of anilines is 1. The fraction of sp³-hybridized carbons (Fsp3) is 0.235. The van der Waals surface area contributed by atoms with Gasteiger partial charge in [-0.3, -0.25) is 4.99 Å². The van der Waals surface area contributed by atoms with Crippen LogP contribution in [-0.2, 0) is 4.74 Å². The molecule has 6 heteroatoms. The van der Waals surface area contributed by atoms with Gasteiger partial charge in [-0.05, 0) is 24.3 Å². The molecule has 23 heavy (non-hydrogen) atoms. The molecule has 1 aliphatic heterocycles. The van der Waals surface area contributed by atoms with Crippen molar-refractivity contribution in [2.75, 3.05) is 25.6 Å². The van der Waals surface area contributed by atoms with E-state index in [9.17, 15) is 0 Å². The first-order chi connectivity index (χ1) is 10.7. The molecule has 1 atom stereocenters. The Morgan fingerprint density at radius 3 is 2.78 bits per heavy atom. The molecule has 0 fully saturated rings. The molecule has 3 nitrogen and oxygen atoms in total. The van der Waals surface area contributed by atoms with Crippen LogP contribution in [0.25, 0.3) is 0 Å². The Morgan fingerprint density at radius 1 is 1.26 bits per heavy atom. The van der Waals surface area contributed by atoms with Gasteiger partial charge in [0.2, 0.25) is 0 Å². The lowest BCUT2D eigenvalue weighted by atomic mass is 10.0. The van der Waals surface area contributed by atoms with Crippen LogP contribution in [0.3, 0.4) is 0 Å². The monoisotopic (exact) mass is 414 g/mol. The van der Waals surface area contributed by atoms with Crippen molar-refractivity contribution < 1.29 is 4.74 Å². The van der Waals surface area contributed by atoms with Gasteiger partial charge in [-0.1, -0.05) is 45.7 Å². The van der Waals surface area contributed by atoms with Crippen molar-refractivity contribution in [2.24, 2.45) is 4.99 Å². The molecule has 0 bridgehead atoms. The van der Waals surface area contributed by atoms with Crippen molar-refractivity contribution in [1.82, 2.24) is 0 Å². The van der Waals surface area contributed by atoms with Crippen molar-refractivity contribution in [2.45, 2.75) is 6.04 Å². The van der Waals surface area contributed by atoms with E-state index in [1.165, 1.54) is 0 Å². The third-order valence-corrected chi connectivity index (χ3v) is 4.39. The Kier molecular flexibility index (Phi) is 6.48. The summed E-state index contributed by atoms with van der Waals surface area (Å²) in [5, 5.41) is 4.21. The summed E-state index contributed by atoms with van der Waals surface area (Å²) in [7, 11) is 1.70. The fourth-order valence-corrected chi connectivity index (χ4v) is 3.16. The van der Waals surface area contributed by atoms with Gasteiger partial charge in [0, 0.05) is 33.4 Å². The lowest BCUT2D eigenvalue weighted by molar-refractivity contribution is 0.188. The fourth-order valence-electron chi connectivity index (χ4n) is 2.57. The molecule has 2 aromatic rings. The number of fused-ring (bicyclic) bond motifs is 1. The summed E-state index contributed by atoms with van der Waals surface area (Å²) >= 11 is 9.92. The van der Waals surface area contributed by atoms with Crippen molar-refractivity contribution in [3.8, 4) is 0 Å². The molecule has 0 aromatic heterocycles. The van der Waals surface area contributed by atoms with Gasteiger partial charge < -0.3 is 10.1 Å². The Morgan fingerprint density at radius 2 is 2.04 bits per heavy atom. The topological polar surface area (TPSA) is 33.6 Å². The summed E-state index contributed by atoms with van der Waals surface area (Å²) in [5.74, 6) is 0. The molecule has 1 unspecified atom stereocenters. The van der Waals surface area contributed by atoms with E-state index in [4.69, 9.17) is 21.3 Å².